The number of hydrogen-bond donors (Lipinski definition) is 2. The molecule has 0 unspecified atom stereocenters. The Kier molecular flexibility index (Phi) is 4.40. The van der Waals surface area contributed by atoms with E-state index in [1.165, 1.54) is 37.8 Å². The Morgan fingerprint density at radius 3 is 2.88 bits per heavy atom. The van der Waals surface area contributed by atoms with Gasteiger partial charge in [0.2, 0.25) is 0 Å². The van der Waals surface area contributed by atoms with Crippen molar-refractivity contribution < 1.29 is 0 Å². The van der Waals surface area contributed by atoms with Crippen LogP contribution in [0, 0.1) is 11.8 Å². The van der Waals surface area contributed by atoms with E-state index in [9.17, 15) is 0 Å². The average molecular weight is 221 g/mol. The van der Waals surface area contributed by atoms with E-state index < -0.39 is 0 Å². The first kappa shape index (κ1) is 11.6. The molecule has 0 saturated heterocycles. The molecule has 0 radical (unpaired) electrons. The summed E-state index contributed by atoms with van der Waals surface area (Å²) in [5.41, 5.74) is 1.18. The summed E-state index contributed by atoms with van der Waals surface area (Å²) in [4.78, 5) is 0. The van der Waals surface area contributed by atoms with Crippen LogP contribution in [-0.2, 0) is 6.54 Å². The maximum absolute atomic E-state index is 3.93. The number of rotatable bonds is 5. The van der Waals surface area contributed by atoms with E-state index in [0.29, 0.717) is 0 Å². The van der Waals surface area contributed by atoms with Crippen LogP contribution in [0.5, 0.6) is 0 Å². The van der Waals surface area contributed by atoms with Gasteiger partial charge in [-0.15, -0.1) is 0 Å². The van der Waals surface area contributed by atoms with Crippen LogP contribution in [0.3, 0.4) is 0 Å². The summed E-state index contributed by atoms with van der Waals surface area (Å²) in [6.45, 7) is 4.44. The third-order valence-electron chi connectivity index (χ3n) is 3.74. The summed E-state index contributed by atoms with van der Waals surface area (Å²) in [6.07, 6.45) is 8.89. The first-order valence-corrected chi connectivity index (χ1v) is 6.53. The Bertz CT molecular complexity index is 273. The van der Waals surface area contributed by atoms with Gasteiger partial charge in [-0.25, -0.2) is 0 Å². The van der Waals surface area contributed by atoms with Gasteiger partial charge in [0.25, 0.3) is 0 Å². The molecule has 0 atom stereocenters. The van der Waals surface area contributed by atoms with Crippen LogP contribution in [0.15, 0.2) is 12.3 Å². The molecule has 1 aromatic rings. The molecule has 3 nitrogen and oxygen atoms in total. The first-order valence-electron chi connectivity index (χ1n) is 6.53. The van der Waals surface area contributed by atoms with Crippen molar-refractivity contribution in [2.75, 3.05) is 6.54 Å². The molecule has 1 saturated carbocycles. The zero-order chi connectivity index (χ0) is 11.2. The molecule has 0 amide bonds. The predicted octanol–water partition coefficient (Wildman–Crippen LogP) is 2.72. The quantitative estimate of drug-likeness (QED) is 0.751. The van der Waals surface area contributed by atoms with Crippen molar-refractivity contribution in [2.24, 2.45) is 11.8 Å². The number of aromatic amines is 1. The first-order chi connectivity index (χ1) is 7.84. The zero-order valence-corrected chi connectivity index (χ0v) is 10.2. The molecule has 0 spiro atoms. The van der Waals surface area contributed by atoms with Gasteiger partial charge < -0.3 is 5.32 Å². The maximum atomic E-state index is 3.93. The molecule has 3 heteroatoms. The van der Waals surface area contributed by atoms with Crippen molar-refractivity contribution in [2.45, 2.75) is 45.6 Å². The lowest BCUT2D eigenvalue weighted by Gasteiger charge is -2.26. The summed E-state index contributed by atoms with van der Waals surface area (Å²) >= 11 is 0. The number of aromatic nitrogens is 2. The minimum atomic E-state index is 0.920. The highest BCUT2D eigenvalue weighted by atomic mass is 15.1. The highest BCUT2D eigenvalue weighted by Crippen LogP contribution is 2.29. The van der Waals surface area contributed by atoms with Crippen molar-refractivity contribution >= 4 is 0 Å². The molecule has 90 valence electrons. The Balaban J connectivity index is 1.55. The normalized spacial score (nSPS) is 25.8. The highest BCUT2D eigenvalue weighted by Gasteiger charge is 2.17. The lowest BCUT2D eigenvalue weighted by atomic mass is 9.81. The fraction of sp³-hybridized carbons (Fsp3) is 0.769. The van der Waals surface area contributed by atoms with Gasteiger partial charge in [-0.05, 0) is 30.9 Å². The Labute approximate surface area is 98.0 Å². The van der Waals surface area contributed by atoms with Gasteiger partial charge in [-0.3, -0.25) is 5.10 Å². The Morgan fingerprint density at radius 2 is 2.19 bits per heavy atom. The molecule has 2 rings (SSSR count). The highest BCUT2D eigenvalue weighted by molar-refractivity contribution is 4.96. The van der Waals surface area contributed by atoms with Crippen LogP contribution in [0.1, 0.15) is 44.7 Å². The van der Waals surface area contributed by atoms with E-state index in [0.717, 1.165) is 24.9 Å². The summed E-state index contributed by atoms with van der Waals surface area (Å²) < 4.78 is 0. The maximum Gasteiger partial charge on any atom is 0.0490 e. The smallest absolute Gasteiger partial charge is 0.0490 e. The molecule has 1 fully saturated rings. The third kappa shape index (κ3) is 3.63. The van der Waals surface area contributed by atoms with Crippen LogP contribution in [-0.4, -0.2) is 16.7 Å². The van der Waals surface area contributed by atoms with Crippen molar-refractivity contribution in [3.05, 3.63) is 18.0 Å². The molecule has 0 aromatic carbocycles. The van der Waals surface area contributed by atoms with Crippen LogP contribution >= 0.6 is 0 Å². The molecular formula is C13H23N3. The lowest BCUT2D eigenvalue weighted by molar-refractivity contribution is 0.275. The number of nitrogens with zero attached hydrogens (tertiary/aromatic N) is 1. The van der Waals surface area contributed by atoms with E-state index >= 15 is 0 Å². The fourth-order valence-electron chi connectivity index (χ4n) is 2.53. The van der Waals surface area contributed by atoms with Crippen LogP contribution < -0.4 is 5.32 Å². The predicted molar refractivity (Wildman–Crippen MR) is 66.0 cm³/mol. The minimum Gasteiger partial charge on any atom is -0.311 e. The Hall–Kier alpha value is -0.830. The molecule has 1 heterocycles. The van der Waals surface area contributed by atoms with Gasteiger partial charge in [0.1, 0.15) is 0 Å². The van der Waals surface area contributed by atoms with Crippen LogP contribution in [0.2, 0.25) is 0 Å². The van der Waals surface area contributed by atoms with Crippen molar-refractivity contribution in [3.8, 4) is 0 Å². The second kappa shape index (κ2) is 6.04. The second-order valence-corrected chi connectivity index (χ2v) is 5.17. The van der Waals surface area contributed by atoms with Crippen LogP contribution in [0.25, 0.3) is 0 Å². The number of H-pyrrole nitrogens is 1. The van der Waals surface area contributed by atoms with Gasteiger partial charge in [-0.2, -0.15) is 5.10 Å². The van der Waals surface area contributed by atoms with E-state index in [4.69, 9.17) is 0 Å². The summed E-state index contributed by atoms with van der Waals surface area (Å²) in [6, 6.07) is 2.02. The SMILES string of the molecule is CC1CCC(CCNCc2ccn[nH]2)CC1. The summed E-state index contributed by atoms with van der Waals surface area (Å²) in [5.74, 6) is 1.93. The van der Waals surface area contributed by atoms with Gasteiger partial charge in [0, 0.05) is 18.4 Å². The molecule has 0 aliphatic heterocycles. The minimum absolute atomic E-state index is 0.920. The van der Waals surface area contributed by atoms with Crippen molar-refractivity contribution in [3.63, 3.8) is 0 Å². The molecular weight excluding hydrogens is 198 g/mol. The van der Waals surface area contributed by atoms with E-state index in [1.807, 2.05) is 6.07 Å². The summed E-state index contributed by atoms with van der Waals surface area (Å²) in [5, 5.41) is 10.4. The van der Waals surface area contributed by atoms with Crippen LogP contribution in [0.4, 0.5) is 0 Å². The standard InChI is InChI=1S/C13H23N3/c1-11-2-4-12(5-3-11)6-8-14-10-13-7-9-15-16-13/h7,9,11-12,14H,2-6,8,10H2,1H3,(H,15,16). The molecule has 1 aliphatic rings. The van der Waals surface area contributed by atoms with Gasteiger partial charge >= 0.3 is 0 Å². The van der Waals surface area contributed by atoms with Crippen molar-refractivity contribution in [1.29, 1.82) is 0 Å². The third-order valence-corrected chi connectivity index (χ3v) is 3.74. The van der Waals surface area contributed by atoms with Gasteiger partial charge in [0.05, 0.1) is 0 Å². The molecule has 0 bridgehead atoms. The van der Waals surface area contributed by atoms with Gasteiger partial charge in [0.15, 0.2) is 0 Å². The van der Waals surface area contributed by atoms with E-state index in [-0.39, 0.29) is 0 Å². The second-order valence-electron chi connectivity index (χ2n) is 5.17. The number of nitrogens with one attached hydrogen (secondary N) is 2. The zero-order valence-electron chi connectivity index (χ0n) is 10.2. The molecule has 16 heavy (non-hydrogen) atoms. The van der Waals surface area contributed by atoms with Gasteiger partial charge in [-0.1, -0.05) is 32.6 Å². The average Bonchev–Trinajstić information content (AvgIpc) is 2.80. The topological polar surface area (TPSA) is 40.7 Å². The van der Waals surface area contributed by atoms with E-state index in [2.05, 4.69) is 22.4 Å². The summed E-state index contributed by atoms with van der Waals surface area (Å²) in [7, 11) is 0. The van der Waals surface area contributed by atoms with E-state index in [1.54, 1.807) is 6.20 Å². The Morgan fingerprint density at radius 1 is 1.38 bits per heavy atom. The van der Waals surface area contributed by atoms with Crippen molar-refractivity contribution in [1.82, 2.24) is 15.5 Å². The molecule has 1 aromatic heterocycles. The monoisotopic (exact) mass is 221 g/mol. The largest absolute Gasteiger partial charge is 0.311 e. The fourth-order valence-corrected chi connectivity index (χ4v) is 2.53. The molecule has 2 N–H and O–H groups in total. The lowest BCUT2D eigenvalue weighted by Crippen LogP contribution is -2.20. The number of hydrogen-bond acceptors (Lipinski definition) is 2. The molecule has 1 aliphatic carbocycles.